The standard InChI is InChI=1S/C15H11ClFN3O/c1-21-13-5-3-2-4-12(13)14-18-15(16)19-20(14)11-8-6-10(17)7-9-11/h2-9H,1H3. The first-order chi connectivity index (χ1) is 10.2. The number of nitrogens with zero attached hydrogens (tertiary/aromatic N) is 3. The van der Waals surface area contributed by atoms with Gasteiger partial charge < -0.3 is 4.74 Å². The number of aromatic nitrogens is 3. The van der Waals surface area contributed by atoms with E-state index in [2.05, 4.69) is 10.1 Å². The Kier molecular flexibility index (Phi) is 3.58. The zero-order chi connectivity index (χ0) is 14.8. The Morgan fingerprint density at radius 1 is 1.10 bits per heavy atom. The number of rotatable bonds is 3. The van der Waals surface area contributed by atoms with Crippen molar-refractivity contribution in [2.24, 2.45) is 0 Å². The Bertz CT molecular complexity index is 771. The predicted octanol–water partition coefficient (Wildman–Crippen LogP) is 3.74. The van der Waals surface area contributed by atoms with E-state index >= 15 is 0 Å². The van der Waals surface area contributed by atoms with Crippen LogP contribution in [0.5, 0.6) is 5.75 Å². The Labute approximate surface area is 125 Å². The van der Waals surface area contributed by atoms with Crippen LogP contribution in [0.2, 0.25) is 5.28 Å². The van der Waals surface area contributed by atoms with Gasteiger partial charge in [0, 0.05) is 0 Å². The lowest BCUT2D eigenvalue weighted by Gasteiger charge is -2.09. The van der Waals surface area contributed by atoms with Gasteiger partial charge in [0.25, 0.3) is 0 Å². The lowest BCUT2D eigenvalue weighted by atomic mass is 10.2. The van der Waals surface area contributed by atoms with Crippen LogP contribution >= 0.6 is 11.6 Å². The lowest BCUT2D eigenvalue weighted by molar-refractivity contribution is 0.416. The summed E-state index contributed by atoms with van der Waals surface area (Å²) >= 11 is 5.93. The van der Waals surface area contributed by atoms with E-state index in [1.807, 2.05) is 24.3 Å². The van der Waals surface area contributed by atoms with Crippen LogP contribution in [0.15, 0.2) is 48.5 Å². The molecule has 0 aliphatic rings. The topological polar surface area (TPSA) is 39.9 Å². The minimum absolute atomic E-state index is 0.111. The van der Waals surface area contributed by atoms with Crippen LogP contribution in [0.3, 0.4) is 0 Å². The maximum Gasteiger partial charge on any atom is 0.243 e. The summed E-state index contributed by atoms with van der Waals surface area (Å²) in [7, 11) is 1.58. The van der Waals surface area contributed by atoms with Crippen molar-refractivity contribution >= 4 is 11.6 Å². The van der Waals surface area contributed by atoms with Gasteiger partial charge in [-0.15, -0.1) is 5.10 Å². The lowest BCUT2D eigenvalue weighted by Crippen LogP contribution is -2.00. The van der Waals surface area contributed by atoms with E-state index in [1.54, 1.807) is 23.9 Å². The zero-order valence-electron chi connectivity index (χ0n) is 11.1. The van der Waals surface area contributed by atoms with Gasteiger partial charge in [-0.25, -0.2) is 9.07 Å². The zero-order valence-corrected chi connectivity index (χ0v) is 11.9. The van der Waals surface area contributed by atoms with Crippen LogP contribution in [0.4, 0.5) is 4.39 Å². The van der Waals surface area contributed by atoms with Crippen LogP contribution < -0.4 is 4.74 Å². The molecule has 1 aromatic heterocycles. The normalized spacial score (nSPS) is 10.6. The molecule has 3 aromatic rings. The summed E-state index contributed by atoms with van der Waals surface area (Å²) in [6.07, 6.45) is 0. The van der Waals surface area contributed by atoms with Crippen LogP contribution in [-0.2, 0) is 0 Å². The number of halogens is 2. The van der Waals surface area contributed by atoms with Crippen molar-refractivity contribution in [1.29, 1.82) is 0 Å². The molecule has 3 rings (SSSR count). The molecule has 0 aliphatic heterocycles. The maximum absolute atomic E-state index is 13.1. The molecule has 21 heavy (non-hydrogen) atoms. The van der Waals surface area contributed by atoms with Crippen LogP contribution in [0.25, 0.3) is 17.1 Å². The fraction of sp³-hybridized carbons (Fsp3) is 0.0667. The molecular weight excluding hydrogens is 293 g/mol. The van der Waals surface area contributed by atoms with Crippen LogP contribution in [0.1, 0.15) is 0 Å². The third-order valence-corrected chi connectivity index (χ3v) is 3.16. The van der Waals surface area contributed by atoms with Crippen molar-refractivity contribution in [3.8, 4) is 22.8 Å². The summed E-state index contributed by atoms with van der Waals surface area (Å²) in [4.78, 5) is 4.23. The SMILES string of the molecule is COc1ccccc1-c1nc(Cl)nn1-c1ccc(F)cc1. The second-order valence-electron chi connectivity index (χ2n) is 4.29. The van der Waals surface area contributed by atoms with Crippen molar-refractivity contribution in [2.45, 2.75) is 0 Å². The molecule has 4 nitrogen and oxygen atoms in total. The highest BCUT2D eigenvalue weighted by Crippen LogP contribution is 2.30. The minimum Gasteiger partial charge on any atom is -0.496 e. The molecule has 0 saturated carbocycles. The summed E-state index contributed by atoms with van der Waals surface area (Å²) in [6, 6.07) is 13.4. The highest BCUT2D eigenvalue weighted by Gasteiger charge is 2.16. The molecule has 1 heterocycles. The number of methoxy groups -OCH3 is 1. The molecule has 0 bridgehead atoms. The summed E-state index contributed by atoms with van der Waals surface area (Å²) in [5.74, 6) is 0.873. The summed E-state index contributed by atoms with van der Waals surface area (Å²) in [6.45, 7) is 0. The monoisotopic (exact) mass is 303 g/mol. The first kappa shape index (κ1) is 13.6. The third kappa shape index (κ3) is 2.60. The van der Waals surface area contributed by atoms with Crippen molar-refractivity contribution < 1.29 is 9.13 Å². The molecule has 0 spiro atoms. The van der Waals surface area contributed by atoms with E-state index in [1.165, 1.54) is 12.1 Å². The third-order valence-electron chi connectivity index (χ3n) is 3.00. The average Bonchev–Trinajstić information content (AvgIpc) is 2.89. The molecule has 0 atom stereocenters. The molecule has 0 amide bonds. The van der Waals surface area contributed by atoms with Gasteiger partial charge >= 0.3 is 0 Å². The highest BCUT2D eigenvalue weighted by atomic mass is 35.5. The quantitative estimate of drug-likeness (QED) is 0.740. The smallest absolute Gasteiger partial charge is 0.243 e. The van der Waals surface area contributed by atoms with Crippen molar-refractivity contribution in [1.82, 2.24) is 14.8 Å². The second kappa shape index (κ2) is 5.54. The molecule has 0 saturated heterocycles. The number of para-hydroxylation sites is 1. The molecule has 2 aromatic carbocycles. The number of hydrogen-bond donors (Lipinski definition) is 0. The second-order valence-corrected chi connectivity index (χ2v) is 4.63. The first-order valence-corrected chi connectivity index (χ1v) is 6.59. The Morgan fingerprint density at radius 3 is 2.52 bits per heavy atom. The molecule has 0 radical (unpaired) electrons. The number of benzene rings is 2. The van der Waals surface area contributed by atoms with Gasteiger partial charge in [0.05, 0.1) is 18.4 Å². The summed E-state index contributed by atoms with van der Waals surface area (Å²) in [5.41, 5.74) is 1.42. The molecule has 6 heteroatoms. The van der Waals surface area contributed by atoms with E-state index in [0.717, 1.165) is 5.56 Å². The number of hydrogen-bond acceptors (Lipinski definition) is 3. The first-order valence-electron chi connectivity index (χ1n) is 6.21. The van der Waals surface area contributed by atoms with Gasteiger partial charge in [0.2, 0.25) is 5.28 Å². The molecule has 0 fully saturated rings. The van der Waals surface area contributed by atoms with Gasteiger partial charge in [0.15, 0.2) is 5.82 Å². The largest absolute Gasteiger partial charge is 0.496 e. The van der Waals surface area contributed by atoms with Crippen molar-refractivity contribution in [2.75, 3.05) is 7.11 Å². The summed E-state index contributed by atoms with van der Waals surface area (Å²) < 4.78 is 19.9. The minimum atomic E-state index is -0.316. The predicted molar refractivity (Wildman–Crippen MR) is 78.3 cm³/mol. The highest BCUT2D eigenvalue weighted by molar-refractivity contribution is 6.28. The molecule has 106 valence electrons. The van der Waals surface area contributed by atoms with E-state index in [0.29, 0.717) is 17.3 Å². The van der Waals surface area contributed by atoms with Gasteiger partial charge in [-0.3, -0.25) is 0 Å². The number of ether oxygens (including phenoxy) is 1. The molecule has 0 unspecified atom stereocenters. The van der Waals surface area contributed by atoms with Crippen molar-refractivity contribution in [3.05, 3.63) is 59.6 Å². The van der Waals surface area contributed by atoms with E-state index in [-0.39, 0.29) is 11.1 Å². The Morgan fingerprint density at radius 2 is 1.81 bits per heavy atom. The average molecular weight is 304 g/mol. The van der Waals surface area contributed by atoms with E-state index < -0.39 is 0 Å². The fourth-order valence-electron chi connectivity index (χ4n) is 2.05. The summed E-state index contributed by atoms with van der Waals surface area (Å²) in [5, 5.41) is 4.27. The maximum atomic E-state index is 13.1. The van der Waals surface area contributed by atoms with Gasteiger partial charge in [-0.1, -0.05) is 12.1 Å². The molecular formula is C15H11ClFN3O. The van der Waals surface area contributed by atoms with E-state index in [4.69, 9.17) is 16.3 Å². The fourth-order valence-corrected chi connectivity index (χ4v) is 2.21. The Balaban J connectivity index is 2.18. The van der Waals surface area contributed by atoms with Crippen LogP contribution in [-0.4, -0.2) is 21.9 Å². The van der Waals surface area contributed by atoms with E-state index in [9.17, 15) is 4.39 Å². The van der Waals surface area contributed by atoms with Gasteiger partial charge in [0.1, 0.15) is 11.6 Å². The molecule has 0 N–H and O–H groups in total. The van der Waals surface area contributed by atoms with Crippen LogP contribution in [0, 0.1) is 5.82 Å². The van der Waals surface area contributed by atoms with Crippen molar-refractivity contribution in [3.63, 3.8) is 0 Å². The van der Waals surface area contributed by atoms with Gasteiger partial charge in [-0.2, -0.15) is 4.98 Å². The van der Waals surface area contributed by atoms with Gasteiger partial charge in [-0.05, 0) is 48.0 Å². The molecule has 0 aliphatic carbocycles. The Hall–Kier alpha value is -2.40.